The Kier molecular flexibility index (Phi) is 8.10. The molecule has 0 aliphatic carbocycles. The fraction of sp³-hybridized carbons (Fsp3) is 0.400. The fourth-order valence-corrected chi connectivity index (χ4v) is 1.67. The topological polar surface area (TPSA) is 98.9 Å². The molecule has 22 heavy (non-hydrogen) atoms. The summed E-state index contributed by atoms with van der Waals surface area (Å²) in [5.74, 6) is -0.256. The van der Waals surface area contributed by atoms with Crippen molar-refractivity contribution in [3.8, 4) is 5.75 Å². The normalized spacial score (nSPS) is 10.5. The van der Waals surface area contributed by atoms with Gasteiger partial charge in [-0.2, -0.15) is 0 Å². The maximum atomic E-state index is 11.4. The van der Waals surface area contributed by atoms with Crippen molar-refractivity contribution in [3.63, 3.8) is 0 Å². The van der Waals surface area contributed by atoms with Crippen LogP contribution >= 0.6 is 0 Å². The van der Waals surface area contributed by atoms with E-state index >= 15 is 0 Å². The molecule has 0 saturated carbocycles. The van der Waals surface area contributed by atoms with E-state index in [2.05, 4.69) is 4.84 Å². The van der Waals surface area contributed by atoms with Gasteiger partial charge in [0.25, 0.3) is 5.09 Å². The second-order valence-corrected chi connectivity index (χ2v) is 4.56. The van der Waals surface area contributed by atoms with Crippen LogP contribution in [0.2, 0.25) is 0 Å². The largest absolute Gasteiger partial charge is 0.508 e. The molecule has 0 heterocycles. The highest BCUT2D eigenvalue weighted by Crippen LogP contribution is 2.10. The Hall–Kier alpha value is -2.57. The number of carbonyl (C=O) groups is 1. The van der Waals surface area contributed by atoms with Crippen molar-refractivity contribution in [1.29, 1.82) is 0 Å². The average Bonchev–Trinajstić information content (AvgIpc) is 2.49. The lowest BCUT2D eigenvalue weighted by Gasteiger charge is -2.02. The molecule has 0 aliphatic rings. The molecule has 0 unspecified atom stereocenters. The fourth-order valence-electron chi connectivity index (χ4n) is 1.67. The Bertz CT molecular complexity index is 497. The molecular weight excluding hydrogens is 290 g/mol. The molecule has 0 bridgehead atoms. The number of phenols is 1. The van der Waals surface area contributed by atoms with Gasteiger partial charge in [0, 0.05) is 6.08 Å². The molecule has 0 amide bonds. The summed E-state index contributed by atoms with van der Waals surface area (Å²) in [5, 5.41) is 18.2. The standard InChI is InChI=1S/C15H19NO6/c17-14-8-5-13(6-9-14)7-10-15(18)21-11-3-1-2-4-12-22-16(19)20/h5-10,17H,1-4,11-12H2. The van der Waals surface area contributed by atoms with Crippen LogP contribution in [0.15, 0.2) is 30.3 Å². The molecule has 7 nitrogen and oxygen atoms in total. The van der Waals surface area contributed by atoms with Gasteiger partial charge in [-0.05, 0) is 43.0 Å². The summed E-state index contributed by atoms with van der Waals surface area (Å²) < 4.78 is 5.02. The summed E-state index contributed by atoms with van der Waals surface area (Å²) in [7, 11) is 0. The van der Waals surface area contributed by atoms with Gasteiger partial charge < -0.3 is 14.7 Å². The minimum absolute atomic E-state index is 0.0994. The van der Waals surface area contributed by atoms with Crippen molar-refractivity contribution < 1.29 is 24.6 Å². The van der Waals surface area contributed by atoms with Gasteiger partial charge in [0.15, 0.2) is 0 Å². The molecule has 1 aromatic carbocycles. The lowest BCUT2D eigenvalue weighted by atomic mass is 10.2. The average molecular weight is 309 g/mol. The molecule has 0 aliphatic heterocycles. The molecule has 0 atom stereocenters. The number of aromatic hydroxyl groups is 1. The Morgan fingerprint density at radius 2 is 1.77 bits per heavy atom. The molecule has 1 rings (SSSR count). The van der Waals surface area contributed by atoms with E-state index < -0.39 is 11.1 Å². The van der Waals surface area contributed by atoms with Gasteiger partial charge in [-0.3, -0.25) is 0 Å². The molecule has 0 radical (unpaired) electrons. The quantitative estimate of drug-likeness (QED) is 0.234. The van der Waals surface area contributed by atoms with Crippen molar-refractivity contribution in [2.24, 2.45) is 0 Å². The summed E-state index contributed by atoms with van der Waals surface area (Å²) in [5.41, 5.74) is 0.792. The smallest absolute Gasteiger partial charge is 0.330 e. The van der Waals surface area contributed by atoms with Gasteiger partial charge in [0.1, 0.15) is 5.75 Å². The van der Waals surface area contributed by atoms with E-state index in [0.717, 1.165) is 18.4 Å². The summed E-state index contributed by atoms with van der Waals surface area (Å²) in [4.78, 5) is 25.5. The molecule has 1 N–H and O–H groups in total. The Labute approximate surface area is 128 Å². The second kappa shape index (κ2) is 10.2. The van der Waals surface area contributed by atoms with Crippen molar-refractivity contribution >= 4 is 12.0 Å². The summed E-state index contributed by atoms with van der Waals surface area (Å²) >= 11 is 0. The first-order valence-electron chi connectivity index (χ1n) is 6.99. The van der Waals surface area contributed by atoms with E-state index in [4.69, 9.17) is 9.84 Å². The number of nitrogens with zero attached hydrogens (tertiary/aromatic N) is 1. The first-order chi connectivity index (χ1) is 10.6. The van der Waals surface area contributed by atoms with E-state index in [1.165, 1.54) is 18.2 Å². The molecule has 1 aromatic rings. The molecule has 7 heteroatoms. The molecule has 0 fully saturated rings. The van der Waals surface area contributed by atoms with E-state index in [1.54, 1.807) is 18.2 Å². The van der Waals surface area contributed by atoms with Crippen molar-refractivity contribution in [3.05, 3.63) is 46.0 Å². The van der Waals surface area contributed by atoms with E-state index in [9.17, 15) is 14.9 Å². The SMILES string of the molecule is O=C(C=Cc1ccc(O)cc1)OCCCCCCO[N+](=O)[O-]. The number of unbranched alkanes of at least 4 members (excludes halogenated alkanes) is 3. The highest BCUT2D eigenvalue weighted by atomic mass is 16.9. The maximum Gasteiger partial charge on any atom is 0.330 e. The van der Waals surface area contributed by atoms with Crippen LogP contribution in [0.4, 0.5) is 0 Å². The van der Waals surface area contributed by atoms with Crippen LogP contribution in [0.1, 0.15) is 31.2 Å². The Balaban J connectivity index is 2.06. The predicted octanol–water partition coefficient (Wildman–Crippen LogP) is 2.72. The zero-order chi connectivity index (χ0) is 16.2. The van der Waals surface area contributed by atoms with Crippen molar-refractivity contribution in [2.75, 3.05) is 13.2 Å². The predicted molar refractivity (Wildman–Crippen MR) is 79.5 cm³/mol. The number of carbonyl (C=O) groups excluding carboxylic acids is 1. The first kappa shape index (κ1) is 17.5. The lowest BCUT2D eigenvalue weighted by molar-refractivity contribution is -0.757. The highest BCUT2D eigenvalue weighted by Gasteiger charge is 1.98. The van der Waals surface area contributed by atoms with Crippen LogP contribution in [0.5, 0.6) is 5.75 Å². The van der Waals surface area contributed by atoms with Crippen LogP contribution in [0.25, 0.3) is 6.08 Å². The van der Waals surface area contributed by atoms with Crippen molar-refractivity contribution in [1.82, 2.24) is 0 Å². The summed E-state index contributed by atoms with van der Waals surface area (Å²) in [6.07, 6.45) is 5.85. The number of phenolic OH excluding ortho intramolecular Hbond substituents is 1. The maximum absolute atomic E-state index is 11.4. The molecule has 120 valence electrons. The van der Waals surface area contributed by atoms with Crippen molar-refractivity contribution in [2.45, 2.75) is 25.7 Å². The minimum atomic E-state index is -0.803. The van der Waals surface area contributed by atoms with Gasteiger partial charge in [-0.15, -0.1) is 10.1 Å². The number of benzene rings is 1. The van der Waals surface area contributed by atoms with E-state index in [-0.39, 0.29) is 12.4 Å². The minimum Gasteiger partial charge on any atom is -0.508 e. The van der Waals surface area contributed by atoms with Gasteiger partial charge >= 0.3 is 5.97 Å². The van der Waals surface area contributed by atoms with Gasteiger partial charge in [-0.25, -0.2) is 4.79 Å². The molecule has 0 spiro atoms. The van der Waals surface area contributed by atoms with Gasteiger partial charge in [-0.1, -0.05) is 18.6 Å². The van der Waals surface area contributed by atoms with Crippen LogP contribution in [0, 0.1) is 10.1 Å². The highest BCUT2D eigenvalue weighted by molar-refractivity contribution is 5.87. The van der Waals surface area contributed by atoms with Crippen LogP contribution < -0.4 is 0 Å². The summed E-state index contributed by atoms with van der Waals surface area (Å²) in [6.45, 7) is 0.414. The van der Waals surface area contributed by atoms with Crippen LogP contribution in [-0.2, 0) is 14.4 Å². The molecular formula is C15H19NO6. The number of esters is 1. The van der Waals surface area contributed by atoms with Gasteiger partial charge in [0.2, 0.25) is 0 Å². The van der Waals surface area contributed by atoms with E-state index in [0.29, 0.717) is 19.4 Å². The third kappa shape index (κ3) is 8.57. The lowest BCUT2D eigenvalue weighted by Crippen LogP contribution is -2.03. The number of ether oxygens (including phenoxy) is 1. The second-order valence-electron chi connectivity index (χ2n) is 4.56. The number of hydrogen-bond donors (Lipinski definition) is 1. The van der Waals surface area contributed by atoms with Crippen LogP contribution in [0.3, 0.4) is 0 Å². The molecule has 0 aromatic heterocycles. The number of rotatable bonds is 10. The first-order valence-corrected chi connectivity index (χ1v) is 6.99. The third-order valence-corrected chi connectivity index (χ3v) is 2.78. The third-order valence-electron chi connectivity index (χ3n) is 2.78. The zero-order valence-electron chi connectivity index (χ0n) is 12.1. The monoisotopic (exact) mass is 309 g/mol. The van der Waals surface area contributed by atoms with E-state index in [1.807, 2.05) is 0 Å². The van der Waals surface area contributed by atoms with Gasteiger partial charge in [0.05, 0.1) is 13.2 Å². The number of hydrogen-bond acceptors (Lipinski definition) is 6. The Morgan fingerprint density at radius 3 is 2.41 bits per heavy atom. The summed E-state index contributed by atoms with van der Waals surface area (Å²) in [6, 6.07) is 6.44. The Morgan fingerprint density at radius 1 is 1.14 bits per heavy atom. The van der Waals surface area contributed by atoms with Crippen LogP contribution in [-0.4, -0.2) is 29.4 Å². The zero-order valence-corrected chi connectivity index (χ0v) is 12.1. The molecule has 0 saturated heterocycles.